The number of thioether (sulfide) groups is 1. The number of rotatable bonds is 4. The van der Waals surface area contributed by atoms with Crippen molar-refractivity contribution in [1.82, 2.24) is 4.98 Å². The third kappa shape index (κ3) is 4.66. The summed E-state index contributed by atoms with van der Waals surface area (Å²) in [5.41, 5.74) is 5.66. The van der Waals surface area contributed by atoms with Gasteiger partial charge in [-0.2, -0.15) is 0 Å². The first-order chi connectivity index (χ1) is 14.1. The molecule has 0 aliphatic carbocycles. The Kier molecular flexibility index (Phi) is 5.62. The van der Waals surface area contributed by atoms with Crippen LogP contribution in [0.3, 0.4) is 0 Å². The number of hydrogen-bond acceptors (Lipinski definition) is 5. The quantitative estimate of drug-likeness (QED) is 0.629. The van der Waals surface area contributed by atoms with Gasteiger partial charge < -0.3 is 10.6 Å². The van der Waals surface area contributed by atoms with E-state index < -0.39 is 0 Å². The maximum atomic E-state index is 12.7. The third-order valence-corrected chi connectivity index (χ3v) is 5.76. The summed E-state index contributed by atoms with van der Waals surface area (Å²) < 4.78 is 0. The highest BCUT2D eigenvalue weighted by Gasteiger charge is 2.20. The van der Waals surface area contributed by atoms with Gasteiger partial charge in [-0.1, -0.05) is 35.5 Å². The van der Waals surface area contributed by atoms with Crippen LogP contribution in [0.2, 0.25) is 0 Å². The summed E-state index contributed by atoms with van der Waals surface area (Å²) in [6.45, 7) is 4.04. The van der Waals surface area contributed by atoms with Gasteiger partial charge in [0.25, 0.3) is 5.91 Å². The number of carbonyl (C=O) groups excluding carboxylic acids is 1. The zero-order chi connectivity index (χ0) is 20.2. The number of anilines is 2. The molecule has 0 saturated carbocycles. The lowest BCUT2D eigenvalue weighted by Gasteiger charge is -2.11. The smallest absolute Gasteiger partial charge is 0.255 e. The zero-order valence-corrected chi connectivity index (χ0v) is 17.2. The summed E-state index contributed by atoms with van der Waals surface area (Å²) in [7, 11) is 0. The average molecular weight is 403 g/mol. The largest absolute Gasteiger partial charge is 0.335 e. The van der Waals surface area contributed by atoms with Crippen LogP contribution in [0.1, 0.15) is 33.1 Å². The van der Waals surface area contributed by atoms with E-state index in [1.807, 2.05) is 68.4 Å². The predicted molar refractivity (Wildman–Crippen MR) is 121 cm³/mol. The molecule has 0 fully saturated rings. The minimum Gasteiger partial charge on any atom is -0.335 e. The minimum atomic E-state index is -0.132. The lowest BCUT2D eigenvalue weighted by Crippen LogP contribution is -2.13. The van der Waals surface area contributed by atoms with Crippen molar-refractivity contribution in [3.63, 3.8) is 0 Å². The SMILES string of the molecule is Cc1ccc(NC(=O)c2ccc(C)c(NC3=NC(c4ccncc4)CS3)c2)cc1. The van der Waals surface area contributed by atoms with E-state index in [4.69, 9.17) is 4.99 Å². The van der Waals surface area contributed by atoms with Crippen molar-refractivity contribution in [3.8, 4) is 0 Å². The molecule has 0 radical (unpaired) electrons. The molecule has 1 aromatic heterocycles. The molecule has 146 valence electrons. The van der Waals surface area contributed by atoms with Crippen molar-refractivity contribution in [3.05, 3.63) is 89.2 Å². The van der Waals surface area contributed by atoms with Crippen molar-refractivity contribution in [1.29, 1.82) is 0 Å². The summed E-state index contributed by atoms with van der Waals surface area (Å²) in [6, 6.07) is 17.6. The number of aliphatic imine (C=N–C) groups is 1. The highest BCUT2D eigenvalue weighted by molar-refractivity contribution is 8.14. The van der Waals surface area contributed by atoms with Crippen LogP contribution in [0, 0.1) is 13.8 Å². The first kappa shape index (κ1) is 19.2. The number of hydrogen-bond donors (Lipinski definition) is 2. The lowest BCUT2D eigenvalue weighted by molar-refractivity contribution is 0.102. The summed E-state index contributed by atoms with van der Waals surface area (Å²) in [5.74, 6) is 0.756. The summed E-state index contributed by atoms with van der Waals surface area (Å²) in [5, 5.41) is 7.21. The molecular weight excluding hydrogens is 380 g/mol. The molecule has 3 aromatic rings. The molecule has 1 amide bonds. The Morgan fingerprint density at radius 1 is 1.03 bits per heavy atom. The minimum absolute atomic E-state index is 0.124. The summed E-state index contributed by atoms with van der Waals surface area (Å²) in [6.07, 6.45) is 3.59. The van der Waals surface area contributed by atoms with Crippen LogP contribution in [0.5, 0.6) is 0 Å². The third-order valence-electron chi connectivity index (χ3n) is 4.79. The monoisotopic (exact) mass is 402 g/mol. The Labute approximate surface area is 174 Å². The van der Waals surface area contributed by atoms with E-state index in [1.54, 1.807) is 24.2 Å². The molecule has 6 heteroatoms. The zero-order valence-electron chi connectivity index (χ0n) is 16.3. The predicted octanol–water partition coefficient (Wildman–Crippen LogP) is 5.21. The molecule has 4 rings (SSSR count). The van der Waals surface area contributed by atoms with Crippen molar-refractivity contribution in [2.24, 2.45) is 4.99 Å². The van der Waals surface area contributed by atoms with Crippen LogP contribution in [0.15, 0.2) is 72.0 Å². The van der Waals surface area contributed by atoms with E-state index in [2.05, 4.69) is 15.6 Å². The van der Waals surface area contributed by atoms with Gasteiger partial charge in [0.1, 0.15) is 0 Å². The fourth-order valence-electron chi connectivity index (χ4n) is 3.05. The Hall–Kier alpha value is -3.12. The van der Waals surface area contributed by atoms with Crippen LogP contribution in [-0.2, 0) is 0 Å². The molecular formula is C23H22N4OS. The van der Waals surface area contributed by atoms with E-state index in [9.17, 15) is 4.79 Å². The highest BCUT2D eigenvalue weighted by atomic mass is 32.2. The second kappa shape index (κ2) is 8.49. The van der Waals surface area contributed by atoms with Crippen molar-refractivity contribution >= 4 is 34.2 Å². The Balaban J connectivity index is 1.48. The van der Waals surface area contributed by atoms with Gasteiger partial charge in [-0.3, -0.25) is 14.8 Å². The summed E-state index contributed by atoms with van der Waals surface area (Å²) in [4.78, 5) is 21.5. The number of nitrogens with zero attached hydrogens (tertiary/aromatic N) is 2. The van der Waals surface area contributed by atoms with Gasteiger partial charge in [0.2, 0.25) is 0 Å². The van der Waals surface area contributed by atoms with E-state index in [-0.39, 0.29) is 11.9 Å². The number of amides is 1. The van der Waals surface area contributed by atoms with E-state index in [0.29, 0.717) is 5.56 Å². The molecule has 0 bridgehead atoms. The number of aryl methyl sites for hydroxylation is 2. The Morgan fingerprint density at radius 2 is 1.79 bits per heavy atom. The van der Waals surface area contributed by atoms with Gasteiger partial charge in [-0.25, -0.2) is 0 Å². The van der Waals surface area contributed by atoms with Gasteiger partial charge in [-0.15, -0.1) is 0 Å². The number of amidine groups is 1. The van der Waals surface area contributed by atoms with Gasteiger partial charge in [0.05, 0.1) is 6.04 Å². The van der Waals surface area contributed by atoms with Crippen molar-refractivity contribution in [2.75, 3.05) is 16.4 Å². The van der Waals surface area contributed by atoms with E-state index in [0.717, 1.165) is 39.0 Å². The standard InChI is InChI=1S/C23H22N4OS/c1-15-3-7-19(8-4-15)25-22(28)18-6-5-16(2)20(13-18)26-23-27-21(14-29-23)17-9-11-24-12-10-17/h3-13,21H,14H2,1-2H3,(H,25,28)(H,26,27). The van der Waals surface area contributed by atoms with Crippen LogP contribution in [0.4, 0.5) is 11.4 Å². The van der Waals surface area contributed by atoms with Crippen molar-refractivity contribution < 1.29 is 4.79 Å². The molecule has 1 aliphatic rings. The Bertz CT molecular complexity index is 1050. The molecule has 29 heavy (non-hydrogen) atoms. The molecule has 2 N–H and O–H groups in total. The number of pyridine rings is 1. The van der Waals surface area contributed by atoms with E-state index >= 15 is 0 Å². The molecule has 5 nitrogen and oxygen atoms in total. The van der Waals surface area contributed by atoms with Gasteiger partial charge in [-0.05, 0) is 61.4 Å². The van der Waals surface area contributed by atoms with Gasteiger partial charge >= 0.3 is 0 Å². The molecule has 0 saturated heterocycles. The first-order valence-corrected chi connectivity index (χ1v) is 10.4. The van der Waals surface area contributed by atoms with Crippen LogP contribution in [-0.4, -0.2) is 21.8 Å². The Morgan fingerprint density at radius 3 is 2.55 bits per heavy atom. The normalized spacial score (nSPS) is 15.7. The number of aromatic nitrogens is 1. The second-order valence-corrected chi connectivity index (χ2v) is 8.03. The van der Waals surface area contributed by atoms with Gasteiger partial charge in [0, 0.05) is 35.1 Å². The second-order valence-electron chi connectivity index (χ2n) is 7.02. The average Bonchev–Trinajstić information content (AvgIpc) is 3.20. The fourth-order valence-corrected chi connectivity index (χ4v) is 4.02. The van der Waals surface area contributed by atoms with Crippen molar-refractivity contribution in [2.45, 2.75) is 19.9 Å². The summed E-state index contributed by atoms with van der Waals surface area (Å²) >= 11 is 1.68. The molecule has 2 heterocycles. The lowest BCUT2D eigenvalue weighted by atomic mass is 10.1. The number of carbonyl (C=O) groups is 1. The highest BCUT2D eigenvalue weighted by Crippen LogP contribution is 2.31. The van der Waals surface area contributed by atoms with Crippen LogP contribution >= 0.6 is 11.8 Å². The maximum absolute atomic E-state index is 12.7. The van der Waals surface area contributed by atoms with Gasteiger partial charge in [0.15, 0.2) is 5.17 Å². The first-order valence-electron chi connectivity index (χ1n) is 9.45. The van der Waals surface area contributed by atoms with Crippen LogP contribution in [0.25, 0.3) is 0 Å². The fraction of sp³-hybridized carbons (Fsp3) is 0.174. The number of benzene rings is 2. The molecule has 1 atom stereocenters. The molecule has 2 aromatic carbocycles. The molecule has 0 spiro atoms. The number of nitrogens with one attached hydrogen (secondary N) is 2. The maximum Gasteiger partial charge on any atom is 0.255 e. The topological polar surface area (TPSA) is 66.4 Å². The molecule has 1 aliphatic heterocycles. The molecule has 1 unspecified atom stereocenters. The van der Waals surface area contributed by atoms with E-state index in [1.165, 1.54) is 0 Å². The van der Waals surface area contributed by atoms with Crippen LogP contribution < -0.4 is 10.6 Å².